The van der Waals surface area contributed by atoms with Crippen molar-refractivity contribution in [3.05, 3.63) is 83.2 Å². The molecule has 1 heterocycles. The largest absolute Gasteiger partial charge is 0.424 e. The van der Waals surface area contributed by atoms with Gasteiger partial charge in [0.25, 0.3) is 0 Å². The van der Waals surface area contributed by atoms with Crippen molar-refractivity contribution in [1.82, 2.24) is 15.0 Å². The molecule has 4 rings (SSSR count). The SMILES string of the molecule is C=CNc1nc(Nc2ccc(C#N)cc2F)nc(Oc2ccc3cccc(Br)c3c2)n1. The fourth-order valence-electron chi connectivity index (χ4n) is 2.80. The third-order valence-corrected chi connectivity index (χ3v) is 4.89. The first-order valence-electron chi connectivity index (χ1n) is 9.02. The second-order valence-electron chi connectivity index (χ2n) is 6.27. The second-order valence-corrected chi connectivity index (χ2v) is 7.12. The first kappa shape index (κ1) is 20.3. The molecule has 0 unspecified atom stereocenters. The zero-order valence-corrected chi connectivity index (χ0v) is 17.5. The number of anilines is 3. The third-order valence-electron chi connectivity index (χ3n) is 4.20. The number of hydrogen-bond acceptors (Lipinski definition) is 7. The van der Waals surface area contributed by atoms with Crippen molar-refractivity contribution in [2.75, 3.05) is 10.6 Å². The van der Waals surface area contributed by atoms with Gasteiger partial charge in [-0.1, -0.05) is 40.7 Å². The van der Waals surface area contributed by atoms with Crippen molar-refractivity contribution >= 4 is 44.3 Å². The van der Waals surface area contributed by atoms with Gasteiger partial charge in [0, 0.05) is 4.47 Å². The Morgan fingerprint density at radius 1 is 1.06 bits per heavy atom. The van der Waals surface area contributed by atoms with E-state index < -0.39 is 5.82 Å². The van der Waals surface area contributed by atoms with Gasteiger partial charge in [-0.25, -0.2) is 4.39 Å². The molecule has 0 bridgehead atoms. The Morgan fingerprint density at radius 2 is 1.90 bits per heavy atom. The molecule has 0 aliphatic rings. The summed E-state index contributed by atoms with van der Waals surface area (Å²) in [6.45, 7) is 3.59. The van der Waals surface area contributed by atoms with E-state index in [0.717, 1.165) is 21.3 Å². The zero-order chi connectivity index (χ0) is 21.8. The van der Waals surface area contributed by atoms with Crippen LogP contribution in [0, 0.1) is 17.1 Å². The Labute approximate surface area is 185 Å². The predicted molar refractivity (Wildman–Crippen MR) is 120 cm³/mol. The Balaban J connectivity index is 1.66. The Kier molecular flexibility index (Phi) is 5.73. The van der Waals surface area contributed by atoms with Crippen LogP contribution in [0.1, 0.15) is 5.56 Å². The number of benzene rings is 3. The average molecular weight is 477 g/mol. The summed E-state index contributed by atoms with van der Waals surface area (Å²) in [6, 6.07) is 17.4. The van der Waals surface area contributed by atoms with Crippen LogP contribution in [0.15, 0.2) is 71.8 Å². The molecule has 0 aliphatic carbocycles. The van der Waals surface area contributed by atoms with Gasteiger partial charge in [0.15, 0.2) is 0 Å². The van der Waals surface area contributed by atoms with Gasteiger partial charge in [-0.2, -0.15) is 20.2 Å². The summed E-state index contributed by atoms with van der Waals surface area (Å²) >= 11 is 3.53. The van der Waals surface area contributed by atoms with Crippen molar-refractivity contribution in [2.24, 2.45) is 0 Å². The number of nitriles is 1. The Hall–Kier alpha value is -4.03. The molecule has 0 aliphatic heterocycles. The second kappa shape index (κ2) is 8.77. The minimum Gasteiger partial charge on any atom is -0.424 e. The van der Waals surface area contributed by atoms with E-state index in [4.69, 9.17) is 10.00 Å². The van der Waals surface area contributed by atoms with Gasteiger partial charge < -0.3 is 15.4 Å². The van der Waals surface area contributed by atoms with Crippen LogP contribution in [0.25, 0.3) is 10.8 Å². The number of ether oxygens (including phenoxy) is 1. The normalized spacial score (nSPS) is 10.4. The summed E-state index contributed by atoms with van der Waals surface area (Å²) in [7, 11) is 0. The number of nitrogens with one attached hydrogen (secondary N) is 2. The summed E-state index contributed by atoms with van der Waals surface area (Å²) in [6.07, 6.45) is 1.40. The smallest absolute Gasteiger partial charge is 0.328 e. The lowest BCUT2D eigenvalue weighted by molar-refractivity contribution is 0.442. The molecule has 2 N–H and O–H groups in total. The minimum absolute atomic E-state index is 0.00214. The first-order valence-corrected chi connectivity index (χ1v) is 9.81. The van der Waals surface area contributed by atoms with E-state index in [1.54, 1.807) is 6.07 Å². The van der Waals surface area contributed by atoms with Crippen LogP contribution in [0.4, 0.5) is 22.0 Å². The van der Waals surface area contributed by atoms with E-state index in [9.17, 15) is 4.39 Å². The molecule has 0 spiro atoms. The summed E-state index contributed by atoms with van der Waals surface area (Å²) in [5.74, 6) is 0.128. The van der Waals surface area contributed by atoms with Crippen LogP contribution in [0.3, 0.4) is 0 Å². The molecule has 0 fully saturated rings. The van der Waals surface area contributed by atoms with Gasteiger partial charge in [0.05, 0.1) is 17.3 Å². The topological polar surface area (TPSA) is 95.8 Å². The number of nitrogens with zero attached hydrogens (tertiary/aromatic N) is 4. The van der Waals surface area contributed by atoms with E-state index in [2.05, 4.69) is 48.1 Å². The van der Waals surface area contributed by atoms with Crippen molar-refractivity contribution in [1.29, 1.82) is 5.26 Å². The average Bonchev–Trinajstić information content (AvgIpc) is 2.76. The summed E-state index contributed by atoms with van der Waals surface area (Å²) < 4.78 is 21.0. The molecule has 9 heteroatoms. The standard InChI is InChI=1S/C22H14BrFN6O/c1-2-26-20-28-21(27-19-9-6-13(12-25)10-18(19)24)30-22(29-20)31-15-8-7-14-4-3-5-17(23)16(14)11-15/h2-11H,1H2,(H2,26,27,28,29,30). The molecule has 1 aromatic heterocycles. The summed E-state index contributed by atoms with van der Waals surface area (Å²) in [4.78, 5) is 12.6. The summed E-state index contributed by atoms with van der Waals surface area (Å²) in [5.41, 5.74) is 0.314. The lowest BCUT2D eigenvalue weighted by atomic mass is 10.1. The minimum atomic E-state index is -0.612. The highest BCUT2D eigenvalue weighted by atomic mass is 79.9. The van der Waals surface area contributed by atoms with Gasteiger partial charge in [-0.3, -0.25) is 0 Å². The molecule has 152 valence electrons. The predicted octanol–water partition coefficient (Wildman–Crippen LogP) is 5.89. The van der Waals surface area contributed by atoms with Gasteiger partial charge in [0.2, 0.25) is 11.9 Å². The molecule has 0 atom stereocenters. The van der Waals surface area contributed by atoms with Gasteiger partial charge in [-0.15, -0.1) is 0 Å². The number of fused-ring (bicyclic) bond motifs is 1. The lowest BCUT2D eigenvalue weighted by Crippen LogP contribution is -2.06. The quantitative estimate of drug-likeness (QED) is 0.358. The van der Waals surface area contributed by atoms with Crippen molar-refractivity contribution in [3.63, 3.8) is 0 Å². The van der Waals surface area contributed by atoms with Crippen LogP contribution >= 0.6 is 15.9 Å². The van der Waals surface area contributed by atoms with Crippen LogP contribution in [-0.4, -0.2) is 15.0 Å². The van der Waals surface area contributed by atoms with E-state index in [1.165, 1.54) is 18.3 Å². The van der Waals surface area contributed by atoms with E-state index in [0.29, 0.717) is 5.75 Å². The van der Waals surface area contributed by atoms with Crippen LogP contribution in [-0.2, 0) is 0 Å². The zero-order valence-electron chi connectivity index (χ0n) is 15.9. The maximum absolute atomic E-state index is 14.3. The molecular formula is C22H14BrFN6O. The van der Waals surface area contributed by atoms with Gasteiger partial charge >= 0.3 is 6.01 Å². The lowest BCUT2D eigenvalue weighted by Gasteiger charge is -2.11. The fourth-order valence-corrected chi connectivity index (χ4v) is 3.30. The molecule has 0 radical (unpaired) electrons. The van der Waals surface area contributed by atoms with Crippen molar-refractivity contribution in [3.8, 4) is 17.8 Å². The molecule has 4 aromatic rings. The third kappa shape index (κ3) is 4.60. The highest BCUT2D eigenvalue weighted by Crippen LogP contribution is 2.30. The van der Waals surface area contributed by atoms with E-state index in [-0.39, 0.29) is 29.2 Å². The van der Waals surface area contributed by atoms with Gasteiger partial charge in [0.1, 0.15) is 11.6 Å². The van der Waals surface area contributed by atoms with E-state index >= 15 is 0 Å². The first-order chi connectivity index (χ1) is 15.1. The van der Waals surface area contributed by atoms with Crippen LogP contribution in [0.5, 0.6) is 11.8 Å². The molecule has 0 saturated carbocycles. The number of aromatic nitrogens is 3. The van der Waals surface area contributed by atoms with Crippen molar-refractivity contribution in [2.45, 2.75) is 0 Å². The molecular weight excluding hydrogens is 463 g/mol. The Bertz CT molecular complexity index is 1340. The van der Waals surface area contributed by atoms with Crippen LogP contribution in [0.2, 0.25) is 0 Å². The fraction of sp³-hybridized carbons (Fsp3) is 0. The molecule has 3 aromatic carbocycles. The molecule has 0 saturated heterocycles. The molecule has 7 nitrogen and oxygen atoms in total. The number of rotatable bonds is 6. The molecule has 0 amide bonds. The monoisotopic (exact) mass is 476 g/mol. The summed E-state index contributed by atoms with van der Waals surface area (Å²) in [5, 5.41) is 16.5. The van der Waals surface area contributed by atoms with E-state index in [1.807, 2.05) is 36.4 Å². The van der Waals surface area contributed by atoms with Crippen molar-refractivity contribution < 1.29 is 9.13 Å². The number of hydrogen-bond donors (Lipinski definition) is 2. The molecule has 31 heavy (non-hydrogen) atoms. The Morgan fingerprint density at radius 3 is 2.68 bits per heavy atom. The highest BCUT2D eigenvalue weighted by Gasteiger charge is 2.12. The highest BCUT2D eigenvalue weighted by molar-refractivity contribution is 9.10. The maximum Gasteiger partial charge on any atom is 0.328 e. The number of halogens is 2. The van der Waals surface area contributed by atoms with Crippen LogP contribution < -0.4 is 15.4 Å². The maximum atomic E-state index is 14.3. The van der Waals surface area contributed by atoms with Gasteiger partial charge in [-0.05, 0) is 53.4 Å².